The second kappa shape index (κ2) is 4.93. The molecule has 1 aromatic heterocycles. The Morgan fingerprint density at radius 2 is 2.47 bits per heavy atom. The fraction of sp³-hybridized carbons (Fsp3) is 0.417. The standard InChI is InChI=1S/C12H14N4O/c1-9-8-16(5-4-14-9)12(17)11-3-2-10(6-13)7-15-11/h2-3,7,9,14H,4-5,8H2,1H3. The van der Waals surface area contributed by atoms with Crippen molar-refractivity contribution < 1.29 is 4.79 Å². The van der Waals surface area contributed by atoms with Gasteiger partial charge in [0.15, 0.2) is 0 Å². The summed E-state index contributed by atoms with van der Waals surface area (Å²) in [4.78, 5) is 17.9. The third kappa shape index (κ3) is 2.60. The van der Waals surface area contributed by atoms with E-state index < -0.39 is 0 Å². The van der Waals surface area contributed by atoms with E-state index in [1.165, 1.54) is 6.20 Å². The van der Waals surface area contributed by atoms with E-state index in [-0.39, 0.29) is 5.91 Å². The minimum atomic E-state index is -0.0668. The van der Waals surface area contributed by atoms with Crippen LogP contribution in [0, 0.1) is 11.3 Å². The van der Waals surface area contributed by atoms with Gasteiger partial charge in [-0.25, -0.2) is 4.98 Å². The lowest BCUT2D eigenvalue weighted by atomic mass is 10.2. The summed E-state index contributed by atoms with van der Waals surface area (Å²) in [6.45, 7) is 4.25. The van der Waals surface area contributed by atoms with Gasteiger partial charge in [0.1, 0.15) is 11.8 Å². The van der Waals surface area contributed by atoms with Crippen molar-refractivity contribution in [3.05, 3.63) is 29.6 Å². The molecule has 0 aliphatic carbocycles. The summed E-state index contributed by atoms with van der Waals surface area (Å²) < 4.78 is 0. The molecule has 5 nitrogen and oxygen atoms in total. The fourth-order valence-corrected chi connectivity index (χ4v) is 1.87. The van der Waals surface area contributed by atoms with E-state index in [1.807, 2.05) is 13.0 Å². The number of nitrogens with one attached hydrogen (secondary N) is 1. The topological polar surface area (TPSA) is 69.0 Å². The molecule has 1 saturated heterocycles. The number of piperazine rings is 1. The van der Waals surface area contributed by atoms with E-state index in [2.05, 4.69) is 10.3 Å². The minimum Gasteiger partial charge on any atom is -0.334 e. The minimum absolute atomic E-state index is 0.0668. The van der Waals surface area contributed by atoms with Crippen LogP contribution in [0.25, 0.3) is 0 Å². The lowest BCUT2D eigenvalue weighted by Gasteiger charge is -2.31. The van der Waals surface area contributed by atoms with Gasteiger partial charge in [0.2, 0.25) is 0 Å². The summed E-state index contributed by atoms with van der Waals surface area (Å²) in [6, 6.07) is 5.52. The van der Waals surface area contributed by atoms with Gasteiger partial charge in [-0.1, -0.05) is 0 Å². The number of amides is 1. The molecule has 1 aromatic rings. The zero-order chi connectivity index (χ0) is 12.3. The van der Waals surface area contributed by atoms with E-state index in [9.17, 15) is 4.79 Å². The largest absolute Gasteiger partial charge is 0.334 e. The lowest BCUT2D eigenvalue weighted by Crippen LogP contribution is -2.51. The Bertz CT molecular complexity index is 449. The number of rotatable bonds is 1. The van der Waals surface area contributed by atoms with Crippen LogP contribution in [-0.4, -0.2) is 41.5 Å². The maximum Gasteiger partial charge on any atom is 0.272 e. The number of nitrogens with zero attached hydrogens (tertiary/aromatic N) is 3. The third-order valence-electron chi connectivity index (χ3n) is 2.77. The van der Waals surface area contributed by atoms with Crippen LogP contribution in [-0.2, 0) is 0 Å². The smallest absolute Gasteiger partial charge is 0.272 e. The molecular formula is C12H14N4O. The summed E-state index contributed by atoms with van der Waals surface area (Å²) in [5, 5.41) is 11.9. The number of aromatic nitrogens is 1. The molecule has 0 aromatic carbocycles. The predicted octanol–water partition coefficient (Wildman–Crippen LogP) is 0.387. The Morgan fingerprint density at radius 3 is 3.06 bits per heavy atom. The lowest BCUT2D eigenvalue weighted by molar-refractivity contribution is 0.0703. The maximum atomic E-state index is 12.1. The molecule has 2 rings (SSSR count). The van der Waals surface area contributed by atoms with Gasteiger partial charge >= 0.3 is 0 Å². The van der Waals surface area contributed by atoms with Gasteiger partial charge in [-0.3, -0.25) is 4.79 Å². The molecule has 1 N–H and O–H groups in total. The van der Waals surface area contributed by atoms with Gasteiger partial charge in [0.25, 0.3) is 5.91 Å². The number of hydrogen-bond acceptors (Lipinski definition) is 4. The highest BCUT2D eigenvalue weighted by atomic mass is 16.2. The monoisotopic (exact) mass is 230 g/mol. The van der Waals surface area contributed by atoms with Gasteiger partial charge in [-0.15, -0.1) is 0 Å². The van der Waals surface area contributed by atoms with E-state index >= 15 is 0 Å². The van der Waals surface area contributed by atoms with Gasteiger partial charge in [-0.05, 0) is 19.1 Å². The van der Waals surface area contributed by atoms with E-state index in [0.717, 1.165) is 6.54 Å². The van der Waals surface area contributed by atoms with Crippen LogP contribution in [0.2, 0.25) is 0 Å². The van der Waals surface area contributed by atoms with Crippen LogP contribution < -0.4 is 5.32 Å². The zero-order valence-corrected chi connectivity index (χ0v) is 9.68. The molecule has 1 aliphatic rings. The first-order chi connectivity index (χ1) is 8.20. The Balaban J connectivity index is 2.11. The Hall–Kier alpha value is -1.93. The van der Waals surface area contributed by atoms with Gasteiger partial charge < -0.3 is 10.2 Å². The number of carbonyl (C=O) groups is 1. The molecule has 1 unspecified atom stereocenters. The summed E-state index contributed by atoms with van der Waals surface area (Å²) in [5.41, 5.74) is 0.869. The quantitative estimate of drug-likeness (QED) is 0.757. The van der Waals surface area contributed by atoms with Crippen molar-refractivity contribution in [3.63, 3.8) is 0 Å². The molecule has 0 bridgehead atoms. The van der Waals surface area contributed by atoms with Crippen molar-refractivity contribution in [2.75, 3.05) is 19.6 Å². The molecule has 1 aliphatic heterocycles. The second-order valence-electron chi connectivity index (χ2n) is 4.15. The van der Waals surface area contributed by atoms with Crippen molar-refractivity contribution in [1.29, 1.82) is 5.26 Å². The number of nitriles is 1. The SMILES string of the molecule is CC1CN(C(=O)c2ccc(C#N)cn2)CCN1. The highest BCUT2D eigenvalue weighted by Gasteiger charge is 2.22. The van der Waals surface area contributed by atoms with Crippen LogP contribution >= 0.6 is 0 Å². The molecule has 0 spiro atoms. The van der Waals surface area contributed by atoms with Crippen molar-refractivity contribution >= 4 is 5.91 Å². The molecule has 88 valence electrons. The Kier molecular flexibility index (Phi) is 3.35. The van der Waals surface area contributed by atoms with E-state index in [4.69, 9.17) is 5.26 Å². The van der Waals surface area contributed by atoms with E-state index in [0.29, 0.717) is 30.4 Å². The number of pyridine rings is 1. The van der Waals surface area contributed by atoms with Crippen molar-refractivity contribution in [3.8, 4) is 6.07 Å². The van der Waals surface area contributed by atoms with Crippen LogP contribution in [0.1, 0.15) is 23.0 Å². The van der Waals surface area contributed by atoms with E-state index in [1.54, 1.807) is 17.0 Å². The fourth-order valence-electron chi connectivity index (χ4n) is 1.87. The zero-order valence-electron chi connectivity index (χ0n) is 9.68. The number of hydrogen-bond donors (Lipinski definition) is 1. The molecular weight excluding hydrogens is 216 g/mol. The van der Waals surface area contributed by atoms with Crippen LogP contribution in [0.4, 0.5) is 0 Å². The molecule has 1 atom stereocenters. The van der Waals surface area contributed by atoms with Gasteiger partial charge in [-0.2, -0.15) is 5.26 Å². The molecule has 0 radical (unpaired) electrons. The predicted molar refractivity (Wildman–Crippen MR) is 62.3 cm³/mol. The summed E-state index contributed by atoms with van der Waals surface area (Å²) >= 11 is 0. The first kappa shape index (κ1) is 11.6. The molecule has 1 fully saturated rings. The first-order valence-electron chi connectivity index (χ1n) is 5.59. The Morgan fingerprint density at radius 1 is 1.65 bits per heavy atom. The average Bonchev–Trinajstić information content (AvgIpc) is 2.38. The average molecular weight is 230 g/mol. The normalized spacial score (nSPS) is 19.8. The van der Waals surface area contributed by atoms with Gasteiger partial charge in [0.05, 0.1) is 5.56 Å². The molecule has 2 heterocycles. The van der Waals surface area contributed by atoms with Crippen molar-refractivity contribution in [1.82, 2.24) is 15.2 Å². The molecule has 17 heavy (non-hydrogen) atoms. The second-order valence-corrected chi connectivity index (χ2v) is 4.15. The summed E-state index contributed by atoms with van der Waals surface area (Å²) in [7, 11) is 0. The maximum absolute atomic E-state index is 12.1. The highest BCUT2D eigenvalue weighted by molar-refractivity contribution is 5.92. The number of carbonyl (C=O) groups excluding carboxylic acids is 1. The molecule has 0 saturated carbocycles. The molecule has 1 amide bonds. The van der Waals surface area contributed by atoms with Crippen LogP contribution in [0.5, 0.6) is 0 Å². The molecule has 5 heteroatoms. The van der Waals surface area contributed by atoms with Gasteiger partial charge in [0, 0.05) is 31.9 Å². The summed E-state index contributed by atoms with van der Waals surface area (Å²) in [5.74, 6) is -0.0668. The Labute approximate surface area is 100 Å². The first-order valence-corrected chi connectivity index (χ1v) is 5.59. The van der Waals surface area contributed by atoms with Crippen LogP contribution in [0.15, 0.2) is 18.3 Å². The highest BCUT2D eigenvalue weighted by Crippen LogP contribution is 2.06. The third-order valence-corrected chi connectivity index (χ3v) is 2.77. The summed E-state index contributed by atoms with van der Waals surface area (Å²) in [6.07, 6.45) is 1.43. The van der Waals surface area contributed by atoms with Crippen molar-refractivity contribution in [2.45, 2.75) is 13.0 Å². The van der Waals surface area contributed by atoms with Crippen LogP contribution in [0.3, 0.4) is 0 Å². The van der Waals surface area contributed by atoms with Crippen molar-refractivity contribution in [2.24, 2.45) is 0 Å².